The van der Waals surface area contributed by atoms with Crippen LogP contribution in [0.2, 0.25) is 0 Å². The summed E-state index contributed by atoms with van der Waals surface area (Å²) in [5.74, 6) is 0.829. The van der Waals surface area contributed by atoms with Gasteiger partial charge in [-0.2, -0.15) is 0 Å². The molecule has 5 rings (SSSR count). The van der Waals surface area contributed by atoms with Gasteiger partial charge in [-0.25, -0.2) is 4.98 Å². The van der Waals surface area contributed by atoms with Crippen LogP contribution < -0.4 is 9.31 Å². The average Bonchev–Trinajstić information content (AvgIpc) is 3.23. The summed E-state index contributed by atoms with van der Waals surface area (Å²) in [4.78, 5) is 4.43. The molecule has 4 aromatic rings. The quantitative estimate of drug-likeness (QED) is 0.437. The molecule has 1 aliphatic carbocycles. The molecule has 0 saturated heterocycles. The van der Waals surface area contributed by atoms with E-state index < -0.39 is 0 Å². The molecule has 0 atom stereocenters. The lowest BCUT2D eigenvalue weighted by molar-refractivity contribution is 0.455. The minimum absolute atomic E-state index is 0.581. The van der Waals surface area contributed by atoms with Gasteiger partial charge in [0.25, 0.3) is 5.19 Å². The lowest BCUT2D eigenvalue weighted by Gasteiger charge is -2.09. The summed E-state index contributed by atoms with van der Waals surface area (Å²) in [6.45, 7) is 0. The van der Waals surface area contributed by atoms with Gasteiger partial charge in [-0.05, 0) is 34.9 Å². The fourth-order valence-electron chi connectivity index (χ4n) is 3.26. The molecule has 119 valence electrons. The summed E-state index contributed by atoms with van der Waals surface area (Å²) in [5, 5.41) is 0.581. The first-order chi connectivity index (χ1) is 12.4. The Morgan fingerprint density at radius 1 is 0.840 bits per heavy atom. The van der Waals surface area contributed by atoms with Gasteiger partial charge in [0.15, 0.2) is 0 Å². The van der Waals surface area contributed by atoms with Crippen molar-refractivity contribution in [1.82, 2.24) is 4.98 Å². The smallest absolute Gasteiger partial charge is 0.526 e. The summed E-state index contributed by atoms with van der Waals surface area (Å²) < 4.78 is 12.5. The maximum absolute atomic E-state index is 5.80. The van der Waals surface area contributed by atoms with Crippen LogP contribution in [-0.4, -0.2) is 12.7 Å². The normalized spacial score (nSPS) is 11.8. The molecule has 0 spiro atoms. The van der Waals surface area contributed by atoms with E-state index in [0.717, 1.165) is 22.4 Å². The third kappa shape index (κ3) is 2.57. The maximum atomic E-state index is 5.80. The van der Waals surface area contributed by atoms with E-state index in [-0.39, 0.29) is 0 Å². The summed E-state index contributed by atoms with van der Waals surface area (Å²) >= 11 is 1.50. The molecule has 1 heterocycles. The van der Waals surface area contributed by atoms with Crippen molar-refractivity contribution in [3.8, 4) is 22.1 Å². The third-order valence-corrected chi connectivity index (χ3v) is 5.33. The van der Waals surface area contributed by atoms with Crippen molar-refractivity contribution < 1.29 is 9.31 Å². The van der Waals surface area contributed by atoms with Crippen LogP contribution in [0.3, 0.4) is 0 Å². The molecule has 0 unspecified atom stereocenters. The Balaban J connectivity index is 1.34. The van der Waals surface area contributed by atoms with Crippen molar-refractivity contribution in [2.75, 3.05) is 0 Å². The molecule has 5 heteroatoms. The van der Waals surface area contributed by atoms with E-state index in [1.54, 1.807) is 0 Å². The number of benzene rings is 3. The molecule has 1 aliphatic rings. The summed E-state index contributed by atoms with van der Waals surface area (Å²) in [6.07, 6.45) is 0.886. The minimum atomic E-state index is 0.581. The lowest BCUT2D eigenvalue weighted by Crippen LogP contribution is -2.11. The van der Waals surface area contributed by atoms with Crippen LogP contribution in [0.25, 0.3) is 21.3 Å². The molecular weight excluding hydrogens is 329 g/mol. The van der Waals surface area contributed by atoms with Gasteiger partial charge in [0.05, 0.1) is 10.2 Å². The number of rotatable bonds is 4. The monoisotopic (exact) mass is 342 g/mol. The standard InChI is InChI=1S/C20H13BNO2S/c1-2-7-14-13(6-1)12-16-15(14)8-5-10-18(16)23-21-24-20-22-17-9-3-4-11-19(17)25-20/h1-11H,12H2. The zero-order valence-corrected chi connectivity index (χ0v) is 14.1. The van der Waals surface area contributed by atoms with Crippen LogP contribution in [0.15, 0.2) is 66.7 Å². The Morgan fingerprint density at radius 3 is 2.64 bits per heavy atom. The van der Waals surface area contributed by atoms with Crippen LogP contribution in [0.1, 0.15) is 11.1 Å². The number of para-hydroxylation sites is 1. The van der Waals surface area contributed by atoms with Crippen molar-refractivity contribution in [2.45, 2.75) is 6.42 Å². The van der Waals surface area contributed by atoms with Crippen LogP contribution in [0.5, 0.6) is 10.9 Å². The maximum Gasteiger partial charge on any atom is 0.659 e. The summed E-state index contributed by atoms with van der Waals surface area (Å²) in [7, 11) is 1.37. The van der Waals surface area contributed by atoms with Crippen molar-refractivity contribution in [3.63, 3.8) is 0 Å². The summed E-state index contributed by atoms with van der Waals surface area (Å²) in [5.41, 5.74) is 6.00. The Morgan fingerprint density at radius 2 is 1.68 bits per heavy atom. The number of hydrogen-bond acceptors (Lipinski definition) is 4. The number of thiazole rings is 1. The minimum Gasteiger partial charge on any atom is -0.526 e. The van der Waals surface area contributed by atoms with Gasteiger partial charge < -0.3 is 9.31 Å². The first-order valence-corrected chi connectivity index (χ1v) is 8.91. The van der Waals surface area contributed by atoms with E-state index in [9.17, 15) is 0 Å². The summed E-state index contributed by atoms with van der Waals surface area (Å²) in [6, 6.07) is 22.6. The molecule has 0 aliphatic heterocycles. The highest BCUT2D eigenvalue weighted by molar-refractivity contribution is 7.20. The van der Waals surface area contributed by atoms with Gasteiger partial charge in [0, 0.05) is 12.0 Å². The Kier molecular flexibility index (Phi) is 3.45. The van der Waals surface area contributed by atoms with Gasteiger partial charge in [-0.15, -0.1) is 0 Å². The van der Waals surface area contributed by atoms with Crippen molar-refractivity contribution >= 4 is 29.2 Å². The first-order valence-electron chi connectivity index (χ1n) is 8.09. The molecule has 0 amide bonds. The molecule has 25 heavy (non-hydrogen) atoms. The zero-order chi connectivity index (χ0) is 16.6. The predicted octanol–water partition coefficient (Wildman–Crippen LogP) is 4.86. The topological polar surface area (TPSA) is 31.4 Å². The molecule has 0 bridgehead atoms. The molecule has 0 saturated carbocycles. The molecule has 0 fully saturated rings. The molecule has 1 aromatic heterocycles. The van der Waals surface area contributed by atoms with E-state index in [1.165, 1.54) is 41.3 Å². The third-order valence-electron chi connectivity index (χ3n) is 4.41. The van der Waals surface area contributed by atoms with E-state index >= 15 is 0 Å². The van der Waals surface area contributed by atoms with E-state index in [2.05, 4.69) is 35.3 Å². The SMILES string of the molecule is [B](Oc1nc2ccccc2s1)Oc1cccc2c1Cc1ccccc1-2. The highest BCUT2D eigenvalue weighted by Gasteiger charge is 2.21. The fourth-order valence-corrected chi connectivity index (χ4v) is 4.04. The largest absolute Gasteiger partial charge is 0.659 e. The van der Waals surface area contributed by atoms with Crippen LogP contribution in [-0.2, 0) is 6.42 Å². The second kappa shape index (κ2) is 5.94. The van der Waals surface area contributed by atoms with E-state index in [1.807, 2.05) is 36.4 Å². The molecule has 3 aromatic carbocycles. The van der Waals surface area contributed by atoms with E-state index in [4.69, 9.17) is 9.31 Å². The second-order valence-electron chi connectivity index (χ2n) is 5.90. The highest BCUT2D eigenvalue weighted by atomic mass is 32.1. The predicted molar refractivity (Wildman–Crippen MR) is 101 cm³/mol. The van der Waals surface area contributed by atoms with Crippen LogP contribution in [0, 0.1) is 0 Å². The average molecular weight is 342 g/mol. The number of nitrogens with zero attached hydrogens (tertiary/aromatic N) is 1. The zero-order valence-electron chi connectivity index (χ0n) is 13.3. The lowest BCUT2D eigenvalue weighted by atomic mass is 10.1. The van der Waals surface area contributed by atoms with E-state index in [0.29, 0.717) is 5.19 Å². The van der Waals surface area contributed by atoms with Crippen molar-refractivity contribution in [2.24, 2.45) is 0 Å². The highest BCUT2D eigenvalue weighted by Crippen LogP contribution is 2.40. The number of aromatic nitrogens is 1. The second-order valence-corrected chi connectivity index (χ2v) is 6.89. The van der Waals surface area contributed by atoms with Gasteiger partial charge in [-0.1, -0.05) is 59.9 Å². The van der Waals surface area contributed by atoms with Crippen LogP contribution >= 0.6 is 11.3 Å². The van der Waals surface area contributed by atoms with Crippen molar-refractivity contribution in [1.29, 1.82) is 0 Å². The molecule has 1 radical (unpaired) electrons. The van der Waals surface area contributed by atoms with Gasteiger partial charge in [0.1, 0.15) is 5.75 Å². The van der Waals surface area contributed by atoms with Crippen molar-refractivity contribution in [3.05, 3.63) is 77.9 Å². The van der Waals surface area contributed by atoms with Gasteiger partial charge in [0.2, 0.25) is 0 Å². The van der Waals surface area contributed by atoms with Gasteiger partial charge >= 0.3 is 7.69 Å². The Labute approximate surface area is 150 Å². The number of hydrogen-bond donors (Lipinski definition) is 0. The van der Waals surface area contributed by atoms with Crippen LogP contribution in [0.4, 0.5) is 0 Å². The Hall–Kier alpha value is -2.79. The van der Waals surface area contributed by atoms with Gasteiger partial charge in [-0.3, -0.25) is 0 Å². The molecule has 0 N–H and O–H groups in total. The Bertz CT molecular complexity index is 1040. The first kappa shape index (κ1) is 14.5. The molecular formula is C20H13BNO2S. The molecule has 3 nitrogen and oxygen atoms in total. The fraction of sp³-hybridized carbons (Fsp3) is 0.0500. The number of fused-ring (bicyclic) bond motifs is 4.